The molecule has 1 aliphatic heterocycles. The third-order valence-electron chi connectivity index (χ3n) is 4.88. The maximum atomic E-state index is 5.82. The van der Waals surface area contributed by atoms with Crippen LogP contribution in [0.25, 0.3) is 0 Å². The predicted octanol–water partition coefficient (Wildman–Crippen LogP) is 3.11. The predicted molar refractivity (Wildman–Crippen MR) is 77.2 cm³/mol. The van der Waals surface area contributed by atoms with E-state index < -0.39 is 0 Å². The largest absolute Gasteiger partial charge is 0.465 e. The van der Waals surface area contributed by atoms with Gasteiger partial charge in [0.1, 0.15) is 11.5 Å². The van der Waals surface area contributed by atoms with E-state index in [1.54, 1.807) is 0 Å². The maximum absolute atomic E-state index is 5.82. The van der Waals surface area contributed by atoms with Gasteiger partial charge < -0.3 is 9.73 Å². The average Bonchev–Trinajstić information content (AvgIpc) is 3.17. The molecule has 3 nitrogen and oxygen atoms in total. The SMILES string of the molecule is Cc1ccc(C(C)N2CCCNC(C)(C3CC3)C2)o1. The van der Waals surface area contributed by atoms with E-state index in [1.165, 1.54) is 19.3 Å². The Morgan fingerprint density at radius 3 is 2.84 bits per heavy atom. The van der Waals surface area contributed by atoms with Crippen molar-refractivity contribution in [3.05, 3.63) is 23.7 Å². The molecular formula is C16H26N2O. The number of nitrogens with one attached hydrogen (secondary N) is 1. The molecule has 1 saturated heterocycles. The zero-order chi connectivity index (χ0) is 13.5. The van der Waals surface area contributed by atoms with Gasteiger partial charge in [-0.05, 0) is 64.6 Å². The smallest absolute Gasteiger partial charge is 0.121 e. The highest BCUT2D eigenvalue weighted by Crippen LogP contribution is 2.41. The molecule has 2 unspecified atom stereocenters. The summed E-state index contributed by atoms with van der Waals surface area (Å²) in [4.78, 5) is 2.59. The molecule has 3 heteroatoms. The second kappa shape index (κ2) is 4.95. The minimum atomic E-state index is 0.298. The highest BCUT2D eigenvalue weighted by atomic mass is 16.3. The van der Waals surface area contributed by atoms with Crippen LogP contribution in [-0.2, 0) is 0 Å². The van der Waals surface area contributed by atoms with Crippen LogP contribution in [-0.4, -0.2) is 30.1 Å². The fraction of sp³-hybridized carbons (Fsp3) is 0.750. The van der Waals surface area contributed by atoms with Gasteiger partial charge in [-0.25, -0.2) is 0 Å². The molecule has 106 valence electrons. The summed E-state index contributed by atoms with van der Waals surface area (Å²) in [6.45, 7) is 10.1. The summed E-state index contributed by atoms with van der Waals surface area (Å²) < 4.78 is 5.82. The molecule has 1 saturated carbocycles. The van der Waals surface area contributed by atoms with E-state index in [4.69, 9.17) is 4.42 Å². The lowest BCUT2D eigenvalue weighted by molar-refractivity contribution is 0.145. The van der Waals surface area contributed by atoms with E-state index in [2.05, 4.69) is 36.2 Å². The normalized spacial score (nSPS) is 31.1. The van der Waals surface area contributed by atoms with E-state index in [0.29, 0.717) is 11.6 Å². The average molecular weight is 262 g/mol. The van der Waals surface area contributed by atoms with Crippen molar-refractivity contribution in [2.75, 3.05) is 19.6 Å². The number of hydrogen-bond acceptors (Lipinski definition) is 3. The van der Waals surface area contributed by atoms with Gasteiger partial charge in [0.25, 0.3) is 0 Å². The molecule has 0 bridgehead atoms. The highest BCUT2D eigenvalue weighted by molar-refractivity contribution is 5.10. The van der Waals surface area contributed by atoms with Gasteiger partial charge in [-0.3, -0.25) is 4.90 Å². The summed E-state index contributed by atoms with van der Waals surface area (Å²) in [5, 5.41) is 3.79. The number of rotatable bonds is 3. The van der Waals surface area contributed by atoms with E-state index in [0.717, 1.165) is 37.1 Å². The first-order chi connectivity index (χ1) is 9.08. The van der Waals surface area contributed by atoms with Crippen LogP contribution in [0.5, 0.6) is 0 Å². The Balaban J connectivity index is 1.75. The highest BCUT2D eigenvalue weighted by Gasteiger charge is 2.43. The molecule has 1 N–H and O–H groups in total. The van der Waals surface area contributed by atoms with Crippen molar-refractivity contribution in [2.24, 2.45) is 5.92 Å². The molecule has 0 spiro atoms. The fourth-order valence-electron chi connectivity index (χ4n) is 3.40. The zero-order valence-corrected chi connectivity index (χ0v) is 12.4. The first-order valence-electron chi connectivity index (χ1n) is 7.64. The van der Waals surface area contributed by atoms with Gasteiger partial charge in [0.15, 0.2) is 0 Å². The van der Waals surface area contributed by atoms with Crippen LogP contribution in [0.4, 0.5) is 0 Å². The molecule has 1 aromatic heterocycles. The van der Waals surface area contributed by atoms with E-state index in [-0.39, 0.29) is 0 Å². The van der Waals surface area contributed by atoms with E-state index in [9.17, 15) is 0 Å². The van der Waals surface area contributed by atoms with Crippen molar-refractivity contribution >= 4 is 0 Å². The van der Waals surface area contributed by atoms with Crippen LogP contribution < -0.4 is 5.32 Å². The van der Waals surface area contributed by atoms with Gasteiger partial charge >= 0.3 is 0 Å². The van der Waals surface area contributed by atoms with Gasteiger partial charge in [0, 0.05) is 18.6 Å². The molecule has 0 radical (unpaired) electrons. The van der Waals surface area contributed by atoms with Gasteiger partial charge in [0.2, 0.25) is 0 Å². The van der Waals surface area contributed by atoms with Gasteiger partial charge in [-0.2, -0.15) is 0 Å². The molecule has 1 aliphatic carbocycles. The topological polar surface area (TPSA) is 28.4 Å². The lowest BCUT2D eigenvalue weighted by atomic mass is 9.94. The molecule has 3 rings (SSSR count). The Labute approximate surface area is 116 Å². The van der Waals surface area contributed by atoms with Crippen LogP contribution >= 0.6 is 0 Å². The van der Waals surface area contributed by atoms with Crippen molar-refractivity contribution in [2.45, 2.75) is 51.6 Å². The maximum Gasteiger partial charge on any atom is 0.121 e. The third kappa shape index (κ3) is 2.72. The van der Waals surface area contributed by atoms with Crippen molar-refractivity contribution in [1.29, 1.82) is 0 Å². The second-order valence-corrected chi connectivity index (χ2v) is 6.57. The Hall–Kier alpha value is -0.800. The Bertz CT molecular complexity index is 438. The van der Waals surface area contributed by atoms with Gasteiger partial charge in [0.05, 0.1) is 6.04 Å². The summed E-state index contributed by atoms with van der Waals surface area (Å²) >= 11 is 0. The van der Waals surface area contributed by atoms with E-state index >= 15 is 0 Å². The first kappa shape index (κ1) is 13.2. The van der Waals surface area contributed by atoms with Crippen LogP contribution in [0, 0.1) is 12.8 Å². The van der Waals surface area contributed by atoms with Crippen LogP contribution in [0.3, 0.4) is 0 Å². The molecule has 19 heavy (non-hydrogen) atoms. The van der Waals surface area contributed by atoms with E-state index in [1.807, 2.05) is 6.92 Å². The standard InChI is InChI=1S/C16H26N2O/c1-12-5-8-15(19-12)13(2)18-10-4-9-17-16(3,11-18)14-6-7-14/h5,8,13-14,17H,4,6-7,9-11H2,1-3H3. The van der Waals surface area contributed by atoms with Gasteiger partial charge in [-0.1, -0.05) is 0 Å². The molecule has 2 aliphatic rings. The molecule has 2 atom stereocenters. The molecule has 0 amide bonds. The molecular weight excluding hydrogens is 236 g/mol. The monoisotopic (exact) mass is 262 g/mol. The summed E-state index contributed by atoms with van der Waals surface area (Å²) in [5.41, 5.74) is 0.298. The van der Waals surface area contributed by atoms with Crippen molar-refractivity contribution in [3.63, 3.8) is 0 Å². The van der Waals surface area contributed by atoms with Crippen LogP contribution in [0.15, 0.2) is 16.5 Å². The molecule has 2 fully saturated rings. The lowest BCUT2D eigenvalue weighted by Crippen LogP contribution is -2.51. The summed E-state index contributed by atoms with van der Waals surface area (Å²) in [5.74, 6) is 3.00. The zero-order valence-electron chi connectivity index (χ0n) is 12.4. The number of furan rings is 1. The number of aryl methyl sites for hydroxylation is 1. The Kier molecular flexibility index (Phi) is 3.44. The minimum Gasteiger partial charge on any atom is -0.465 e. The summed E-state index contributed by atoms with van der Waals surface area (Å²) in [7, 11) is 0. The van der Waals surface area contributed by atoms with Crippen LogP contribution in [0.1, 0.15) is 50.7 Å². The third-order valence-corrected chi connectivity index (χ3v) is 4.88. The second-order valence-electron chi connectivity index (χ2n) is 6.57. The number of hydrogen-bond donors (Lipinski definition) is 1. The molecule has 1 aromatic rings. The number of nitrogens with zero attached hydrogens (tertiary/aromatic N) is 1. The Morgan fingerprint density at radius 1 is 1.42 bits per heavy atom. The van der Waals surface area contributed by atoms with Crippen LogP contribution in [0.2, 0.25) is 0 Å². The van der Waals surface area contributed by atoms with Gasteiger partial charge in [-0.15, -0.1) is 0 Å². The molecule has 2 heterocycles. The quantitative estimate of drug-likeness (QED) is 0.907. The van der Waals surface area contributed by atoms with Crippen molar-refractivity contribution < 1.29 is 4.42 Å². The summed E-state index contributed by atoms with van der Waals surface area (Å²) in [6, 6.07) is 4.58. The fourth-order valence-corrected chi connectivity index (χ4v) is 3.40. The lowest BCUT2D eigenvalue weighted by Gasteiger charge is -2.36. The first-order valence-corrected chi connectivity index (χ1v) is 7.64. The van der Waals surface area contributed by atoms with Crippen molar-refractivity contribution in [3.8, 4) is 0 Å². The molecule has 0 aromatic carbocycles. The minimum absolute atomic E-state index is 0.298. The Morgan fingerprint density at radius 2 is 2.21 bits per heavy atom. The van der Waals surface area contributed by atoms with Crippen molar-refractivity contribution in [1.82, 2.24) is 10.2 Å². The summed E-state index contributed by atoms with van der Waals surface area (Å²) in [6.07, 6.45) is 4.02.